The normalized spacial score (nSPS) is 20.1. The van der Waals surface area contributed by atoms with Gasteiger partial charge in [0, 0.05) is 6.54 Å². The van der Waals surface area contributed by atoms with E-state index < -0.39 is 0 Å². The van der Waals surface area contributed by atoms with Crippen LogP contribution in [0.25, 0.3) is 0 Å². The largest absolute Gasteiger partial charge is 0.504 e. The summed E-state index contributed by atoms with van der Waals surface area (Å²) < 4.78 is 5.29. The summed E-state index contributed by atoms with van der Waals surface area (Å²) in [7, 11) is 1.61. The highest BCUT2D eigenvalue weighted by molar-refractivity contribution is 5.55. The van der Waals surface area contributed by atoms with Crippen molar-refractivity contribution in [1.82, 2.24) is 5.32 Å². The minimum atomic E-state index is 0.273. The maximum absolute atomic E-state index is 9.91. The second kappa shape index (κ2) is 4.34. The van der Waals surface area contributed by atoms with Gasteiger partial charge in [-0.3, -0.25) is 0 Å². The number of hydrogen-bond acceptors (Lipinski definition) is 3. The van der Waals surface area contributed by atoms with Crippen LogP contribution in [0.4, 0.5) is 0 Å². The van der Waals surface area contributed by atoms with Crippen molar-refractivity contribution in [3.8, 4) is 11.5 Å². The van der Waals surface area contributed by atoms with Crippen molar-refractivity contribution in [3.63, 3.8) is 0 Å². The first-order valence-electron chi connectivity index (χ1n) is 5.73. The first-order valence-corrected chi connectivity index (χ1v) is 5.73. The van der Waals surface area contributed by atoms with Crippen molar-refractivity contribution < 1.29 is 9.84 Å². The Balaban J connectivity index is 2.49. The van der Waals surface area contributed by atoms with E-state index in [1.165, 1.54) is 5.56 Å². The Morgan fingerprint density at radius 3 is 2.75 bits per heavy atom. The summed E-state index contributed by atoms with van der Waals surface area (Å²) in [6, 6.07) is 2.09. The van der Waals surface area contributed by atoms with Gasteiger partial charge in [0.25, 0.3) is 0 Å². The number of benzene rings is 1. The van der Waals surface area contributed by atoms with Gasteiger partial charge >= 0.3 is 0 Å². The Kier molecular flexibility index (Phi) is 3.06. The van der Waals surface area contributed by atoms with Crippen LogP contribution < -0.4 is 10.1 Å². The molecule has 88 valence electrons. The molecule has 1 fully saturated rings. The van der Waals surface area contributed by atoms with Crippen LogP contribution in [-0.2, 0) is 0 Å². The molecule has 1 atom stereocenters. The Labute approximate surface area is 96.4 Å². The van der Waals surface area contributed by atoms with Gasteiger partial charge in [0.2, 0.25) is 0 Å². The maximum atomic E-state index is 9.91. The Morgan fingerprint density at radius 2 is 2.19 bits per heavy atom. The molecule has 2 N–H and O–H groups in total. The molecule has 0 aromatic heterocycles. The third-order valence-electron chi connectivity index (χ3n) is 3.44. The number of aromatic hydroxyl groups is 1. The SMILES string of the molecule is COc1c(C)c(C2CCNC2)cc(C)c1O. The molecule has 0 saturated carbocycles. The van der Waals surface area contributed by atoms with Crippen molar-refractivity contribution in [3.05, 3.63) is 22.8 Å². The molecule has 2 rings (SSSR count). The van der Waals surface area contributed by atoms with E-state index in [0.29, 0.717) is 11.7 Å². The van der Waals surface area contributed by atoms with E-state index in [-0.39, 0.29) is 5.75 Å². The number of nitrogens with one attached hydrogen (secondary N) is 1. The molecule has 0 spiro atoms. The van der Waals surface area contributed by atoms with Crippen molar-refractivity contribution >= 4 is 0 Å². The molecule has 3 nitrogen and oxygen atoms in total. The number of phenolic OH excluding ortho intramolecular Hbond substituents is 1. The highest BCUT2D eigenvalue weighted by atomic mass is 16.5. The smallest absolute Gasteiger partial charge is 0.163 e. The standard InChI is InChI=1S/C13H19NO2/c1-8-6-11(10-4-5-14-7-10)9(2)13(16-3)12(8)15/h6,10,14-15H,4-5,7H2,1-3H3. The van der Waals surface area contributed by atoms with Crippen molar-refractivity contribution in [1.29, 1.82) is 0 Å². The number of hydrogen-bond donors (Lipinski definition) is 2. The third-order valence-corrected chi connectivity index (χ3v) is 3.44. The van der Waals surface area contributed by atoms with Gasteiger partial charge in [-0.2, -0.15) is 0 Å². The first-order chi connectivity index (χ1) is 7.65. The van der Waals surface area contributed by atoms with Gasteiger partial charge in [-0.05, 0) is 49.4 Å². The molecule has 1 aromatic carbocycles. The van der Waals surface area contributed by atoms with Gasteiger partial charge in [-0.1, -0.05) is 6.07 Å². The van der Waals surface area contributed by atoms with Crippen LogP contribution in [0.1, 0.15) is 29.0 Å². The molecule has 1 heterocycles. The van der Waals surface area contributed by atoms with E-state index in [0.717, 1.165) is 30.6 Å². The molecule has 0 aliphatic carbocycles. The van der Waals surface area contributed by atoms with E-state index in [2.05, 4.69) is 11.4 Å². The number of ether oxygens (including phenoxy) is 1. The summed E-state index contributed by atoms with van der Waals surface area (Å²) in [4.78, 5) is 0. The molecule has 16 heavy (non-hydrogen) atoms. The lowest BCUT2D eigenvalue weighted by molar-refractivity contribution is 0.368. The zero-order chi connectivity index (χ0) is 11.7. The van der Waals surface area contributed by atoms with Gasteiger partial charge in [0.05, 0.1) is 7.11 Å². The summed E-state index contributed by atoms with van der Waals surface area (Å²) in [6.07, 6.45) is 1.16. The van der Waals surface area contributed by atoms with Gasteiger partial charge in [0.15, 0.2) is 11.5 Å². The second-order valence-electron chi connectivity index (χ2n) is 4.48. The topological polar surface area (TPSA) is 41.5 Å². The quantitative estimate of drug-likeness (QED) is 0.803. The molecule has 1 unspecified atom stereocenters. The van der Waals surface area contributed by atoms with E-state index in [1.54, 1.807) is 7.11 Å². The molecular formula is C13H19NO2. The third kappa shape index (κ3) is 1.76. The van der Waals surface area contributed by atoms with Crippen LogP contribution in [0, 0.1) is 13.8 Å². The van der Waals surface area contributed by atoms with E-state index in [9.17, 15) is 5.11 Å². The minimum Gasteiger partial charge on any atom is -0.504 e. The summed E-state index contributed by atoms with van der Waals surface area (Å²) in [6.45, 7) is 6.04. The fraction of sp³-hybridized carbons (Fsp3) is 0.538. The summed E-state index contributed by atoms with van der Waals surface area (Å²) in [5, 5.41) is 13.3. The average molecular weight is 221 g/mol. The lowest BCUT2D eigenvalue weighted by atomic mass is 9.91. The van der Waals surface area contributed by atoms with Crippen LogP contribution in [0.3, 0.4) is 0 Å². The van der Waals surface area contributed by atoms with Crippen LogP contribution in [0.2, 0.25) is 0 Å². The number of rotatable bonds is 2. The van der Waals surface area contributed by atoms with Gasteiger partial charge in [0.1, 0.15) is 0 Å². The first kappa shape index (κ1) is 11.3. The lowest BCUT2D eigenvalue weighted by Gasteiger charge is -2.18. The van der Waals surface area contributed by atoms with Crippen LogP contribution >= 0.6 is 0 Å². The fourth-order valence-corrected chi connectivity index (χ4v) is 2.49. The Bertz CT molecular complexity index is 395. The molecule has 1 saturated heterocycles. The van der Waals surface area contributed by atoms with Crippen molar-refractivity contribution in [2.24, 2.45) is 0 Å². The monoisotopic (exact) mass is 221 g/mol. The number of methoxy groups -OCH3 is 1. The highest BCUT2D eigenvalue weighted by Gasteiger charge is 2.22. The van der Waals surface area contributed by atoms with E-state index in [4.69, 9.17) is 4.74 Å². The summed E-state index contributed by atoms with van der Waals surface area (Å²) >= 11 is 0. The average Bonchev–Trinajstić information content (AvgIpc) is 2.77. The second-order valence-corrected chi connectivity index (χ2v) is 4.48. The molecule has 0 amide bonds. The molecule has 0 bridgehead atoms. The molecular weight excluding hydrogens is 202 g/mol. The predicted octanol–water partition coefficient (Wildman–Crippen LogP) is 2.09. The van der Waals surface area contributed by atoms with Crippen LogP contribution in [0.5, 0.6) is 11.5 Å². The Hall–Kier alpha value is -1.22. The molecule has 1 aliphatic rings. The highest BCUT2D eigenvalue weighted by Crippen LogP contribution is 2.39. The van der Waals surface area contributed by atoms with Gasteiger partial charge in [-0.15, -0.1) is 0 Å². The zero-order valence-electron chi connectivity index (χ0n) is 10.1. The molecule has 1 aliphatic heterocycles. The van der Waals surface area contributed by atoms with Crippen molar-refractivity contribution in [2.75, 3.05) is 20.2 Å². The minimum absolute atomic E-state index is 0.273. The zero-order valence-corrected chi connectivity index (χ0v) is 10.1. The van der Waals surface area contributed by atoms with Gasteiger partial charge < -0.3 is 15.2 Å². The number of phenols is 1. The van der Waals surface area contributed by atoms with Gasteiger partial charge in [-0.25, -0.2) is 0 Å². The molecule has 0 radical (unpaired) electrons. The van der Waals surface area contributed by atoms with Crippen LogP contribution in [0.15, 0.2) is 6.07 Å². The summed E-state index contributed by atoms with van der Waals surface area (Å²) in [5.74, 6) is 1.45. The Morgan fingerprint density at radius 1 is 1.44 bits per heavy atom. The van der Waals surface area contributed by atoms with E-state index in [1.807, 2.05) is 13.8 Å². The van der Waals surface area contributed by atoms with Crippen molar-refractivity contribution in [2.45, 2.75) is 26.2 Å². The molecule has 1 aromatic rings. The predicted molar refractivity (Wildman–Crippen MR) is 64.4 cm³/mol. The lowest BCUT2D eigenvalue weighted by Crippen LogP contribution is -2.09. The summed E-state index contributed by atoms with van der Waals surface area (Å²) in [5.41, 5.74) is 3.26. The fourth-order valence-electron chi connectivity index (χ4n) is 2.49. The molecule has 3 heteroatoms. The van der Waals surface area contributed by atoms with Crippen LogP contribution in [-0.4, -0.2) is 25.3 Å². The maximum Gasteiger partial charge on any atom is 0.163 e. The number of aryl methyl sites for hydroxylation is 1. The van der Waals surface area contributed by atoms with E-state index >= 15 is 0 Å².